The van der Waals surface area contributed by atoms with E-state index in [-0.39, 0.29) is 5.91 Å². The lowest BCUT2D eigenvalue weighted by Crippen LogP contribution is -2.28. The molecule has 1 heterocycles. The number of aromatic nitrogens is 1. The normalized spacial score (nSPS) is 10.6. The van der Waals surface area contributed by atoms with Crippen molar-refractivity contribution < 1.29 is 14.3 Å². The van der Waals surface area contributed by atoms with Crippen molar-refractivity contribution in [1.82, 2.24) is 9.47 Å². The summed E-state index contributed by atoms with van der Waals surface area (Å²) >= 11 is 1.62. The molecule has 0 N–H and O–H groups in total. The summed E-state index contributed by atoms with van der Waals surface area (Å²) in [5.41, 5.74) is 2.72. The van der Waals surface area contributed by atoms with Crippen LogP contribution in [0.25, 0.3) is 0 Å². The van der Waals surface area contributed by atoms with E-state index in [1.54, 1.807) is 30.9 Å². The van der Waals surface area contributed by atoms with Crippen molar-refractivity contribution in [2.75, 3.05) is 27.5 Å². The van der Waals surface area contributed by atoms with Gasteiger partial charge in [0.25, 0.3) is 5.91 Å². The molecule has 0 aliphatic heterocycles. The summed E-state index contributed by atoms with van der Waals surface area (Å²) in [5.74, 6) is 1.36. The van der Waals surface area contributed by atoms with Crippen LogP contribution >= 0.6 is 11.8 Å². The Bertz CT molecular complexity index is 721. The minimum absolute atomic E-state index is 0.00170. The number of nitrogens with zero attached hydrogens (tertiary/aromatic N) is 2. The van der Waals surface area contributed by atoms with Crippen molar-refractivity contribution in [2.24, 2.45) is 7.05 Å². The second kappa shape index (κ2) is 7.66. The van der Waals surface area contributed by atoms with Crippen molar-refractivity contribution in [2.45, 2.75) is 18.4 Å². The van der Waals surface area contributed by atoms with Gasteiger partial charge in [-0.05, 0) is 42.5 Å². The van der Waals surface area contributed by atoms with Gasteiger partial charge in [-0.15, -0.1) is 11.8 Å². The van der Waals surface area contributed by atoms with Crippen LogP contribution in [0.3, 0.4) is 0 Å². The Kier molecular flexibility index (Phi) is 5.83. The van der Waals surface area contributed by atoms with Crippen molar-refractivity contribution in [3.63, 3.8) is 0 Å². The Morgan fingerprint density at radius 1 is 1.25 bits per heavy atom. The fourth-order valence-corrected chi connectivity index (χ4v) is 3.31. The fourth-order valence-electron chi connectivity index (χ4n) is 2.70. The number of hydrogen-bond acceptors (Lipinski definition) is 4. The molecule has 0 saturated heterocycles. The first-order chi connectivity index (χ1) is 11.4. The minimum atomic E-state index is 0.00170. The highest BCUT2D eigenvalue weighted by molar-refractivity contribution is 7.98. The fraction of sp³-hybridized carbons (Fsp3) is 0.389. The van der Waals surface area contributed by atoms with Gasteiger partial charge in [-0.3, -0.25) is 4.79 Å². The highest BCUT2D eigenvalue weighted by atomic mass is 32.2. The molecule has 0 bridgehead atoms. The summed E-state index contributed by atoms with van der Waals surface area (Å²) in [7, 11) is 6.94. The van der Waals surface area contributed by atoms with Gasteiger partial charge in [0.05, 0.1) is 14.2 Å². The largest absolute Gasteiger partial charge is 0.493 e. The van der Waals surface area contributed by atoms with E-state index in [1.165, 1.54) is 0 Å². The summed E-state index contributed by atoms with van der Waals surface area (Å²) in [5, 5.41) is 0. The zero-order valence-electron chi connectivity index (χ0n) is 15.0. The number of rotatable bonds is 6. The van der Waals surface area contributed by atoms with E-state index < -0.39 is 0 Å². The Morgan fingerprint density at radius 2 is 1.88 bits per heavy atom. The molecule has 0 saturated carbocycles. The van der Waals surface area contributed by atoms with Gasteiger partial charge in [-0.1, -0.05) is 0 Å². The van der Waals surface area contributed by atoms with Gasteiger partial charge in [-0.25, -0.2) is 0 Å². The quantitative estimate of drug-likeness (QED) is 0.751. The lowest BCUT2D eigenvalue weighted by Gasteiger charge is -2.21. The average molecular weight is 348 g/mol. The summed E-state index contributed by atoms with van der Waals surface area (Å²) in [6.45, 7) is 2.45. The topological polar surface area (TPSA) is 43.7 Å². The second-order valence-corrected chi connectivity index (χ2v) is 6.49. The van der Waals surface area contributed by atoms with Crippen molar-refractivity contribution >= 4 is 17.7 Å². The van der Waals surface area contributed by atoms with Crippen LogP contribution in [0, 0.1) is 6.92 Å². The number of carbonyl (C=O) groups excluding carboxylic acids is 1. The summed E-state index contributed by atoms with van der Waals surface area (Å²) in [4.78, 5) is 15.6. The van der Waals surface area contributed by atoms with Crippen LogP contribution in [0.5, 0.6) is 11.5 Å². The van der Waals surface area contributed by atoms with Crippen molar-refractivity contribution in [3.8, 4) is 11.5 Å². The minimum Gasteiger partial charge on any atom is -0.493 e. The number of amides is 1. The Morgan fingerprint density at radius 3 is 2.38 bits per heavy atom. The first kappa shape index (κ1) is 18.3. The van der Waals surface area contributed by atoms with Crippen LogP contribution < -0.4 is 9.47 Å². The van der Waals surface area contributed by atoms with E-state index in [4.69, 9.17) is 9.47 Å². The lowest BCUT2D eigenvalue weighted by molar-refractivity contribution is 0.0773. The molecule has 24 heavy (non-hydrogen) atoms. The number of methoxy groups -OCH3 is 2. The van der Waals surface area contributed by atoms with Crippen LogP contribution in [0.15, 0.2) is 29.3 Å². The summed E-state index contributed by atoms with van der Waals surface area (Å²) < 4.78 is 12.6. The van der Waals surface area contributed by atoms with Crippen LogP contribution in [0.1, 0.15) is 21.6 Å². The highest BCUT2D eigenvalue weighted by Gasteiger charge is 2.19. The molecule has 130 valence electrons. The number of carbonyl (C=O) groups is 1. The third-order valence-electron chi connectivity index (χ3n) is 4.02. The second-order valence-electron chi connectivity index (χ2n) is 5.64. The number of thioether (sulfide) groups is 1. The molecule has 5 nitrogen and oxygen atoms in total. The smallest absolute Gasteiger partial charge is 0.270 e. The number of hydrogen-bond donors (Lipinski definition) is 0. The molecule has 0 atom stereocenters. The third kappa shape index (κ3) is 3.53. The molecule has 2 rings (SSSR count). The maximum atomic E-state index is 12.8. The average Bonchev–Trinajstić information content (AvgIpc) is 2.92. The van der Waals surface area contributed by atoms with E-state index in [1.807, 2.05) is 56.2 Å². The molecular weight excluding hydrogens is 324 g/mol. The van der Waals surface area contributed by atoms with E-state index in [0.717, 1.165) is 16.0 Å². The Labute approximate surface area is 147 Å². The maximum Gasteiger partial charge on any atom is 0.270 e. The Balaban J connectivity index is 2.31. The van der Waals surface area contributed by atoms with Gasteiger partial charge >= 0.3 is 0 Å². The van der Waals surface area contributed by atoms with Gasteiger partial charge < -0.3 is 18.9 Å². The molecule has 0 fully saturated rings. The van der Waals surface area contributed by atoms with E-state index in [9.17, 15) is 4.79 Å². The first-order valence-electron chi connectivity index (χ1n) is 7.59. The predicted octanol–water partition coefficient (Wildman–Crippen LogP) is 3.34. The maximum absolute atomic E-state index is 12.8. The molecule has 1 aromatic heterocycles. The molecule has 0 aliphatic rings. The van der Waals surface area contributed by atoms with Crippen LogP contribution in [-0.4, -0.2) is 42.9 Å². The van der Waals surface area contributed by atoms with Gasteiger partial charge in [-0.2, -0.15) is 0 Å². The number of benzene rings is 1. The highest BCUT2D eigenvalue weighted by Crippen LogP contribution is 2.35. The molecule has 0 radical (unpaired) electrons. The zero-order valence-corrected chi connectivity index (χ0v) is 15.9. The number of ether oxygens (including phenoxy) is 2. The van der Waals surface area contributed by atoms with Gasteiger partial charge in [0, 0.05) is 31.7 Å². The van der Waals surface area contributed by atoms with Crippen LogP contribution in [-0.2, 0) is 13.6 Å². The molecule has 0 spiro atoms. The van der Waals surface area contributed by atoms with Crippen LogP contribution in [0.4, 0.5) is 0 Å². The lowest BCUT2D eigenvalue weighted by atomic mass is 10.1. The first-order valence-corrected chi connectivity index (χ1v) is 8.81. The van der Waals surface area contributed by atoms with Crippen LogP contribution in [0.2, 0.25) is 0 Å². The SMILES string of the molecule is COc1cc(CN(C)C(=O)c2c(C)ccn2C)c(SC)cc1OC. The van der Waals surface area contributed by atoms with Gasteiger partial charge in [0.15, 0.2) is 11.5 Å². The predicted molar refractivity (Wildman–Crippen MR) is 97.3 cm³/mol. The van der Waals surface area contributed by atoms with Gasteiger partial charge in [0.1, 0.15) is 5.69 Å². The monoisotopic (exact) mass is 348 g/mol. The Hall–Kier alpha value is -2.08. The van der Waals surface area contributed by atoms with E-state index >= 15 is 0 Å². The summed E-state index contributed by atoms with van der Waals surface area (Å²) in [6.07, 6.45) is 3.91. The summed E-state index contributed by atoms with van der Waals surface area (Å²) in [6, 6.07) is 5.84. The zero-order chi connectivity index (χ0) is 17.9. The molecule has 0 unspecified atom stereocenters. The molecule has 6 heteroatoms. The molecule has 0 aliphatic carbocycles. The molecule has 1 amide bonds. The van der Waals surface area contributed by atoms with E-state index in [2.05, 4.69) is 0 Å². The third-order valence-corrected chi connectivity index (χ3v) is 4.84. The molecular formula is C18H24N2O3S. The van der Waals surface area contributed by atoms with E-state index in [0.29, 0.717) is 23.7 Å². The molecule has 2 aromatic rings. The van der Waals surface area contributed by atoms with Gasteiger partial charge in [0.2, 0.25) is 0 Å². The standard InChI is InChI=1S/C18H24N2O3S/c1-12-7-8-19(2)17(12)18(21)20(3)11-13-9-14(22-4)15(23-5)10-16(13)24-6/h7-10H,11H2,1-6H3. The van der Waals surface area contributed by atoms with Crippen molar-refractivity contribution in [1.29, 1.82) is 0 Å². The molecule has 1 aromatic carbocycles. The van der Waals surface area contributed by atoms with Crippen molar-refractivity contribution in [3.05, 3.63) is 41.2 Å². The number of aryl methyl sites for hydroxylation is 2.